The summed E-state index contributed by atoms with van der Waals surface area (Å²) in [4.78, 5) is 16.0. The third-order valence-electron chi connectivity index (χ3n) is 2.79. The molecule has 20 heavy (non-hydrogen) atoms. The van der Waals surface area contributed by atoms with Gasteiger partial charge in [0.05, 0.1) is 11.9 Å². The van der Waals surface area contributed by atoms with Crippen LogP contribution in [-0.4, -0.2) is 17.7 Å². The Morgan fingerprint density at radius 2 is 1.95 bits per heavy atom. The number of rotatable bonds is 3. The first-order valence-electron chi connectivity index (χ1n) is 5.90. The van der Waals surface area contributed by atoms with E-state index < -0.39 is 0 Å². The molecule has 4 N–H and O–H groups in total. The van der Waals surface area contributed by atoms with Crippen molar-refractivity contribution in [2.75, 3.05) is 17.5 Å². The maximum Gasteiger partial charge on any atom is 0.274 e. The summed E-state index contributed by atoms with van der Waals surface area (Å²) in [7, 11) is 0. The number of hydrogen-bond acceptors (Lipinski definition) is 6. The van der Waals surface area contributed by atoms with E-state index >= 15 is 0 Å². The highest BCUT2D eigenvalue weighted by atomic mass is 16.7. The molecule has 102 valence electrons. The molecule has 2 heterocycles. The van der Waals surface area contributed by atoms with Crippen LogP contribution in [0.5, 0.6) is 11.5 Å². The number of benzene rings is 1. The quantitative estimate of drug-likeness (QED) is 0.576. The summed E-state index contributed by atoms with van der Waals surface area (Å²) in [6, 6.07) is 8.43. The molecule has 0 spiro atoms. The fourth-order valence-corrected chi connectivity index (χ4v) is 1.78. The molecule has 0 saturated carbocycles. The van der Waals surface area contributed by atoms with Crippen molar-refractivity contribution in [1.29, 1.82) is 0 Å². The van der Waals surface area contributed by atoms with E-state index in [4.69, 9.17) is 15.3 Å². The van der Waals surface area contributed by atoms with E-state index in [-0.39, 0.29) is 12.7 Å². The maximum atomic E-state index is 12.0. The van der Waals surface area contributed by atoms with Crippen LogP contribution >= 0.6 is 0 Å². The Labute approximate surface area is 114 Å². The molecule has 0 radical (unpaired) electrons. The summed E-state index contributed by atoms with van der Waals surface area (Å²) in [5.41, 5.74) is 3.98. The lowest BCUT2D eigenvalue weighted by molar-refractivity contribution is 0.102. The van der Waals surface area contributed by atoms with Gasteiger partial charge in [-0.3, -0.25) is 10.6 Å². The molecular weight excluding hydrogens is 260 g/mol. The average molecular weight is 272 g/mol. The predicted molar refractivity (Wildman–Crippen MR) is 72.6 cm³/mol. The highest BCUT2D eigenvalue weighted by Crippen LogP contribution is 2.34. The number of carbonyl (C=O) groups is 1. The van der Waals surface area contributed by atoms with Crippen LogP contribution in [0.1, 0.15) is 10.5 Å². The number of nitrogens with two attached hydrogens (primary N) is 1. The summed E-state index contributed by atoms with van der Waals surface area (Å²) >= 11 is 0. The van der Waals surface area contributed by atoms with Crippen molar-refractivity contribution in [3.63, 3.8) is 0 Å². The van der Waals surface area contributed by atoms with Crippen LogP contribution in [0.15, 0.2) is 36.5 Å². The summed E-state index contributed by atoms with van der Waals surface area (Å²) in [5.74, 6) is 6.20. The highest BCUT2D eigenvalue weighted by Gasteiger charge is 2.15. The highest BCUT2D eigenvalue weighted by molar-refractivity contribution is 6.03. The van der Waals surface area contributed by atoms with Gasteiger partial charge in [0.1, 0.15) is 5.69 Å². The van der Waals surface area contributed by atoms with Crippen molar-refractivity contribution in [3.8, 4) is 11.5 Å². The van der Waals surface area contributed by atoms with Gasteiger partial charge in [-0.15, -0.1) is 0 Å². The molecule has 3 rings (SSSR count). The third-order valence-corrected chi connectivity index (χ3v) is 2.79. The smallest absolute Gasteiger partial charge is 0.274 e. The van der Waals surface area contributed by atoms with Crippen LogP contribution in [0.25, 0.3) is 0 Å². The molecule has 1 aromatic carbocycles. The van der Waals surface area contributed by atoms with Crippen LogP contribution < -0.4 is 26.1 Å². The number of nitrogen functional groups attached to an aromatic ring is 1. The van der Waals surface area contributed by atoms with Crippen LogP contribution in [0.3, 0.4) is 0 Å². The standard InChI is InChI=1S/C13H12N4O3/c14-17-9-1-3-10(15-6-9)13(18)16-8-2-4-11-12(5-8)20-7-19-11/h1-6,17H,7,14H2,(H,16,18). The SMILES string of the molecule is NNc1ccc(C(=O)Nc2ccc3c(c2)OCO3)nc1. The molecule has 0 bridgehead atoms. The van der Waals surface area contributed by atoms with Gasteiger partial charge in [-0.2, -0.15) is 0 Å². The minimum Gasteiger partial charge on any atom is -0.454 e. The number of hydrogen-bond donors (Lipinski definition) is 3. The molecular formula is C13H12N4O3. The van der Waals surface area contributed by atoms with Gasteiger partial charge in [-0.1, -0.05) is 0 Å². The Kier molecular flexibility index (Phi) is 3.10. The number of ether oxygens (including phenoxy) is 2. The molecule has 1 aliphatic heterocycles. The van der Waals surface area contributed by atoms with E-state index in [1.165, 1.54) is 6.20 Å². The first-order chi connectivity index (χ1) is 9.76. The number of nitrogens with one attached hydrogen (secondary N) is 2. The van der Waals surface area contributed by atoms with Crippen molar-refractivity contribution < 1.29 is 14.3 Å². The van der Waals surface area contributed by atoms with E-state index in [9.17, 15) is 4.79 Å². The van der Waals surface area contributed by atoms with Gasteiger partial charge < -0.3 is 20.2 Å². The van der Waals surface area contributed by atoms with Crippen molar-refractivity contribution in [1.82, 2.24) is 4.98 Å². The number of aromatic nitrogens is 1. The molecule has 1 aliphatic rings. The second kappa shape index (κ2) is 5.06. The molecule has 0 aliphatic carbocycles. The van der Waals surface area contributed by atoms with Crippen molar-refractivity contribution >= 4 is 17.3 Å². The van der Waals surface area contributed by atoms with Crippen LogP contribution in [0.2, 0.25) is 0 Å². The summed E-state index contributed by atoms with van der Waals surface area (Å²) in [6.45, 7) is 0.196. The lowest BCUT2D eigenvalue weighted by Gasteiger charge is -2.06. The zero-order chi connectivity index (χ0) is 13.9. The van der Waals surface area contributed by atoms with E-state index in [1.54, 1.807) is 30.3 Å². The zero-order valence-electron chi connectivity index (χ0n) is 10.4. The Hall–Kier alpha value is -2.80. The maximum absolute atomic E-state index is 12.0. The average Bonchev–Trinajstić information content (AvgIpc) is 2.95. The first kappa shape index (κ1) is 12.2. The van der Waals surface area contributed by atoms with Gasteiger partial charge in [0.25, 0.3) is 5.91 Å². The van der Waals surface area contributed by atoms with Gasteiger partial charge >= 0.3 is 0 Å². The van der Waals surface area contributed by atoms with Gasteiger partial charge in [0.15, 0.2) is 11.5 Å². The molecule has 2 aromatic rings. The summed E-state index contributed by atoms with van der Waals surface area (Å²) in [6.07, 6.45) is 1.48. The molecule has 1 amide bonds. The van der Waals surface area contributed by atoms with Gasteiger partial charge in [-0.05, 0) is 24.3 Å². The number of hydrazine groups is 1. The summed E-state index contributed by atoms with van der Waals surface area (Å²) in [5, 5.41) is 2.74. The minimum absolute atomic E-state index is 0.196. The van der Waals surface area contributed by atoms with E-state index in [2.05, 4.69) is 15.7 Å². The largest absolute Gasteiger partial charge is 0.454 e. The van der Waals surface area contributed by atoms with Crippen molar-refractivity contribution in [2.24, 2.45) is 5.84 Å². The predicted octanol–water partition coefficient (Wildman–Crippen LogP) is 1.35. The topological polar surface area (TPSA) is 98.5 Å². The molecule has 0 saturated heterocycles. The van der Waals surface area contributed by atoms with E-state index in [0.717, 1.165) is 0 Å². The first-order valence-corrected chi connectivity index (χ1v) is 5.90. The number of amides is 1. The number of pyridine rings is 1. The Bertz CT molecular complexity index is 643. The number of carbonyl (C=O) groups excluding carboxylic acids is 1. The fourth-order valence-electron chi connectivity index (χ4n) is 1.78. The molecule has 0 atom stereocenters. The lowest BCUT2D eigenvalue weighted by Crippen LogP contribution is -2.14. The number of fused-ring (bicyclic) bond motifs is 1. The van der Waals surface area contributed by atoms with Gasteiger partial charge in [-0.25, -0.2) is 4.98 Å². The monoisotopic (exact) mass is 272 g/mol. The zero-order valence-corrected chi connectivity index (χ0v) is 10.4. The minimum atomic E-state index is -0.313. The Balaban J connectivity index is 1.75. The fraction of sp³-hybridized carbons (Fsp3) is 0.0769. The second-order valence-corrected chi connectivity index (χ2v) is 4.10. The second-order valence-electron chi connectivity index (χ2n) is 4.10. The molecule has 7 nitrogen and oxygen atoms in total. The molecule has 1 aromatic heterocycles. The van der Waals surface area contributed by atoms with E-state index in [0.29, 0.717) is 28.6 Å². The summed E-state index contributed by atoms with van der Waals surface area (Å²) < 4.78 is 10.4. The molecule has 0 unspecified atom stereocenters. The van der Waals surface area contributed by atoms with Crippen molar-refractivity contribution in [2.45, 2.75) is 0 Å². The Morgan fingerprint density at radius 3 is 2.70 bits per heavy atom. The third kappa shape index (κ3) is 2.34. The molecule has 0 fully saturated rings. The van der Waals surface area contributed by atoms with Crippen molar-refractivity contribution in [3.05, 3.63) is 42.2 Å². The van der Waals surface area contributed by atoms with Crippen LogP contribution in [0, 0.1) is 0 Å². The molecule has 7 heteroatoms. The number of nitrogens with zero attached hydrogens (tertiary/aromatic N) is 1. The number of anilines is 2. The van der Waals surface area contributed by atoms with Gasteiger partial charge in [0, 0.05) is 11.8 Å². The van der Waals surface area contributed by atoms with Crippen LogP contribution in [-0.2, 0) is 0 Å². The normalized spacial score (nSPS) is 12.1. The Morgan fingerprint density at radius 1 is 1.15 bits per heavy atom. The van der Waals surface area contributed by atoms with E-state index in [1.807, 2.05) is 0 Å². The van der Waals surface area contributed by atoms with Gasteiger partial charge in [0.2, 0.25) is 6.79 Å². The lowest BCUT2D eigenvalue weighted by atomic mass is 10.2. The van der Waals surface area contributed by atoms with Crippen LogP contribution in [0.4, 0.5) is 11.4 Å².